The molecule has 1 aromatic heterocycles. The van der Waals surface area contributed by atoms with E-state index in [1.165, 1.54) is 38.5 Å². The molecule has 1 aliphatic carbocycles. The van der Waals surface area contributed by atoms with Crippen LogP contribution in [0.2, 0.25) is 0 Å². The molecule has 19 heavy (non-hydrogen) atoms. The summed E-state index contributed by atoms with van der Waals surface area (Å²) in [5.74, 6) is 1.39. The maximum atomic E-state index is 5.22. The van der Waals surface area contributed by atoms with Gasteiger partial charge in [-0.25, -0.2) is 0 Å². The Bertz CT molecular complexity index is 504. The van der Waals surface area contributed by atoms with Gasteiger partial charge in [-0.05, 0) is 37.0 Å². The average Bonchev–Trinajstić information content (AvgIpc) is 3.01. The second kappa shape index (κ2) is 5.87. The molecule has 1 fully saturated rings. The van der Waals surface area contributed by atoms with Crippen molar-refractivity contribution in [1.29, 1.82) is 0 Å². The SMILES string of the molecule is c1cc(NCC2CCCCC2)cc(-c2nnco2)c1. The van der Waals surface area contributed by atoms with Crippen LogP contribution in [0.15, 0.2) is 35.1 Å². The molecule has 1 aliphatic rings. The molecule has 0 saturated heterocycles. The molecule has 0 radical (unpaired) electrons. The topological polar surface area (TPSA) is 51.0 Å². The summed E-state index contributed by atoms with van der Waals surface area (Å²) in [6.45, 7) is 1.06. The Hall–Kier alpha value is -1.84. The van der Waals surface area contributed by atoms with Gasteiger partial charge in [-0.1, -0.05) is 25.3 Å². The van der Waals surface area contributed by atoms with Crippen LogP contribution in [0.4, 0.5) is 5.69 Å². The van der Waals surface area contributed by atoms with Crippen LogP contribution in [0.3, 0.4) is 0 Å². The fraction of sp³-hybridized carbons (Fsp3) is 0.467. The molecule has 4 heteroatoms. The molecule has 0 unspecified atom stereocenters. The molecule has 0 aliphatic heterocycles. The van der Waals surface area contributed by atoms with Crippen molar-refractivity contribution in [2.75, 3.05) is 11.9 Å². The van der Waals surface area contributed by atoms with Gasteiger partial charge >= 0.3 is 0 Å². The Labute approximate surface area is 113 Å². The lowest BCUT2D eigenvalue weighted by atomic mass is 9.89. The molecule has 1 aromatic carbocycles. The second-order valence-electron chi connectivity index (χ2n) is 5.21. The van der Waals surface area contributed by atoms with E-state index in [1.54, 1.807) is 0 Å². The predicted octanol–water partition coefficient (Wildman–Crippen LogP) is 3.73. The zero-order chi connectivity index (χ0) is 12.9. The average molecular weight is 257 g/mol. The molecular formula is C15H19N3O. The van der Waals surface area contributed by atoms with E-state index in [0.717, 1.165) is 23.7 Å². The van der Waals surface area contributed by atoms with Crippen molar-refractivity contribution in [3.8, 4) is 11.5 Å². The summed E-state index contributed by atoms with van der Waals surface area (Å²) >= 11 is 0. The largest absolute Gasteiger partial charge is 0.423 e. The van der Waals surface area contributed by atoms with Crippen LogP contribution in [0.1, 0.15) is 32.1 Å². The van der Waals surface area contributed by atoms with Gasteiger partial charge in [0.2, 0.25) is 12.3 Å². The van der Waals surface area contributed by atoms with Gasteiger partial charge in [0.15, 0.2) is 0 Å². The van der Waals surface area contributed by atoms with Gasteiger partial charge in [0.25, 0.3) is 0 Å². The van der Waals surface area contributed by atoms with Gasteiger partial charge in [-0.3, -0.25) is 0 Å². The van der Waals surface area contributed by atoms with Crippen molar-refractivity contribution in [1.82, 2.24) is 10.2 Å². The van der Waals surface area contributed by atoms with Crippen molar-refractivity contribution >= 4 is 5.69 Å². The van der Waals surface area contributed by atoms with Crippen LogP contribution in [0, 0.1) is 5.92 Å². The molecule has 4 nitrogen and oxygen atoms in total. The number of hydrogen-bond donors (Lipinski definition) is 1. The third-order valence-corrected chi connectivity index (χ3v) is 3.79. The Kier molecular flexibility index (Phi) is 3.77. The molecular weight excluding hydrogens is 238 g/mol. The first-order valence-electron chi connectivity index (χ1n) is 7.02. The highest BCUT2D eigenvalue weighted by molar-refractivity contribution is 5.60. The number of anilines is 1. The van der Waals surface area contributed by atoms with Gasteiger partial charge < -0.3 is 9.73 Å². The van der Waals surface area contributed by atoms with Crippen LogP contribution in [0.25, 0.3) is 11.5 Å². The summed E-state index contributed by atoms with van der Waals surface area (Å²) in [5, 5.41) is 11.2. The Morgan fingerprint density at radius 1 is 1.21 bits per heavy atom. The summed E-state index contributed by atoms with van der Waals surface area (Å²) < 4.78 is 5.22. The number of benzene rings is 1. The monoisotopic (exact) mass is 257 g/mol. The zero-order valence-corrected chi connectivity index (χ0v) is 11.0. The van der Waals surface area contributed by atoms with E-state index in [-0.39, 0.29) is 0 Å². The van der Waals surface area contributed by atoms with Gasteiger partial charge in [-0.2, -0.15) is 0 Å². The molecule has 100 valence electrons. The standard InChI is InChI=1S/C15H19N3O/c1-2-5-12(6-3-1)10-16-14-8-4-7-13(9-14)15-18-17-11-19-15/h4,7-9,11-12,16H,1-3,5-6,10H2. The highest BCUT2D eigenvalue weighted by Gasteiger charge is 2.13. The summed E-state index contributed by atoms with van der Waals surface area (Å²) in [7, 11) is 0. The van der Waals surface area contributed by atoms with Gasteiger partial charge in [0, 0.05) is 17.8 Å². The van der Waals surface area contributed by atoms with Crippen molar-refractivity contribution in [3.05, 3.63) is 30.7 Å². The smallest absolute Gasteiger partial charge is 0.247 e. The maximum absolute atomic E-state index is 5.22. The number of hydrogen-bond acceptors (Lipinski definition) is 4. The molecule has 3 rings (SSSR count). The maximum Gasteiger partial charge on any atom is 0.247 e. The van der Waals surface area contributed by atoms with Crippen molar-refractivity contribution in [2.24, 2.45) is 5.92 Å². The van der Waals surface area contributed by atoms with Crippen LogP contribution >= 0.6 is 0 Å². The quantitative estimate of drug-likeness (QED) is 0.906. The first-order chi connectivity index (χ1) is 9.42. The highest BCUT2D eigenvalue weighted by atomic mass is 16.4. The molecule has 0 amide bonds. The Balaban J connectivity index is 1.63. The summed E-state index contributed by atoms with van der Waals surface area (Å²) in [6, 6.07) is 8.15. The minimum Gasteiger partial charge on any atom is -0.423 e. The highest BCUT2D eigenvalue weighted by Crippen LogP contribution is 2.25. The van der Waals surface area contributed by atoms with E-state index in [2.05, 4.69) is 27.6 Å². The van der Waals surface area contributed by atoms with Crippen LogP contribution < -0.4 is 5.32 Å². The molecule has 0 atom stereocenters. The van der Waals surface area contributed by atoms with Crippen LogP contribution in [0.5, 0.6) is 0 Å². The van der Waals surface area contributed by atoms with Crippen molar-refractivity contribution in [2.45, 2.75) is 32.1 Å². The minimum atomic E-state index is 0.571. The molecule has 0 bridgehead atoms. The first-order valence-corrected chi connectivity index (χ1v) is 7.02. The molecule has 1 saturated carbocycles. The van der Waals surface area contributed by atoms with Crippen LogP contribution in [-0.2, 0) is 0 Å². The lowest BCUT2D eigenvalue weighted by molar-refractivity contribution is 0.373. The molecule has 1 N–H and O–H groups in total. The second-order valence-corrected chi connectivity index (χ2v) is 5.21. The van der Waals surface area contributed by atoms with E-state index < -0.39 is 0 Å². The summed E-state index contributed by atoms with van der Waals surface area (Å²) in [5.41, 5.74) is 2.09. The van der Waals surface area contributed by atoms with E-state index in [0.29, 0.717) is 5.89 Å². The van der Waals surface area contributed by atoms with Gasteiger partial charge in [-0.15, -0.1) is 10.2 Å². The third-order valence-electron chi connectivity index (χ3n) is 3.79. The van der Waals surface area contributed by atoms with E-state index in [1.807, 2.05) is 12.1 Å². The van der Waals surface area contributed by atoms with Gasteiger partial charge in [0.05, 0.1) is 0 Å². The lowest BCUT2D eigenvalue weighted by Crippen LogP contribution is -2.17. The number of rotatable bonds is 4. The predicted molar refractivity (Wildman–Crippen MR) is 74.8 cm³/mol. The molecule has 2 aromatic rings. The third kappa shape index (κ3) is 3.13. The van der Waals surface area contributed by atoms with Crippen LogP contribution in [-0.4, -0.2) is 16.7 Å². The first kappa shape index (κ1) is 12.2. The lowest BCUT2D eigenvalue weighted by Gasteiger charge is -2.22. The molecule has 1 heterocycles. The molecule has 0 spiro atoms. The zero-order valence-electron chi connectivity index (χ0n) is 11.0. The number of nitrogens with zero attached hydrogens (tertiary/aromatic N) is 2. The minimum absolute atomic E-state index is 0.571. The Morgan fingerprint density at radius 2 is 2.11 bits per heavy atom. The van der Waals surface area contributed by atoms with Crippen molar-refractivity contribution < 1.29 is 4.42 Å². The van der Waals surface area contributed by atoms with Crippen molar-refractivity contribution in [3.63, 3.8) is 0 Å². The fourth-order valence-electron chi connectivity index (χ4n) is 2.71. The van der Waals surface area contributed by atoms with E-state index >= 15 is 0 Å². The number of aromatic nitrogens is 2. The Morgan fingerprint density at radius 3 is 2.89 bits per heavy atom. The summed E-state index contributed by atoms with van der Waals surface area (Å²) in [6.07, 6.45) is 8.25. The number of nitrogens with one attached hydrogen (secondary N) is 1. The van der Waals surface area contributed by atoms with Gasteiger partial charge in [0.1, 0.15) is 0 Å². The normalized spacial score (nSPS) is 16.4. The van der Waals surface area contributed by atoms with E-state index in [4.69, 9.17) is 4.42 Å². The fourth-order valence-corrected chi connectivity index (χ4v) is 2.71. The van der Waals surface area contributed by atoms with E-state index in [9.17, 15) is 0 Å². The summed E-state index contributed by atoms with van der Waals surface area (Å²) in [4.78, 5) is 0.